The normalized spacial score (nSPS) is 25.5. The zero-order chi connectivity index (χ0) is 24.3. The highest BCUT2D eigenvalue weighted by atomic mass is 16.8. The van der Waals surface area contributed by atoms with Crippen LogP contribution in [0.2, 0.25) is 0 Å². The van der Waals surface area contributed by atoms with Gasteiger partial charge in [0.15, 0.2) is 5.79 Å². The van der Waals surface area contributed by atoms with Gasteiger partial charge in [-0.1, -0.05) is 66.7 Å². The van der Waals surface area contributed by atoms with E-state index >= 15 is 0 Å². The van der Waals surface area contributed by atoms with Crippen molar-refractivity contribution in [3.8, 4) is 0 Å². The molecule has 2 aliphatic heterocycles. The van der Waals surface area contributed by atoms with Gasteiger partial charge in [-0.2, -0.15) is 0 Å². The van der Waals surface area contributed by atoms with Crippen molar-refractivity contribution < 1.29 is 14.2 Å². The summed E-state index contributed by atoms with van der Waals surface area (Å²) in [4.78, 5) is 11.7. The van der Waals surface area contributed by atoms with E-state index in [0.717, 1.165) is 18.4 Å². The van der Waals surface area contributed by atoms with Crippen LogP contribution in [0.4, 0.5) is 0 Å². The molecule has 182 valence electrons. The largest absolute Gasteiger partial charge is 0.468 e. The van der Waals surface area contributed by atoms with Gasteiger partial charge in [-0.3, -0.25) is 4.98 Å². The molecule has 0 spiro atoms. The maximum Gasteiger partial charge on any atom is 0.288 e. The topological polar surface area (TPSA) is 56.2 Å². The van der Waals surface area contributed by atoms with E-state index in [1.807, 2.05) is 38.2 Å². The molecule has 2 aromatic carbocycles. The van der Waals surface area contributed by atoms with Crippen LogP contribution >= 0.6 is 0 Å². The summed E-state index contributed by atoms with van der Waals surface area (Å²) in [5, 5.41) is 0. The van der Waals surface area contributed by atoms with Gasteiger partial charge in [0.25, 0.3) is 6.02 Å². The van der Waals surface area contributed by atoms with Gasteiger partial charge in [0, 0.05) is 18.9 Å². The Morgan fingerprint density at radius 3 is 2.09 bits per heavy atom. The molecule has 2 aliphatic rings. The first-order valence-electron chi connectivity index (χ1n) is 12.2. The molecule has 1 fully saturated rings. The molecule has 6 nitrogen and oxygen atoms in total. The first-order valence-corrected chi connectivity index (χ1v) is 12.2. The number of ether oxygens (including phenoxy) is 3. The van der Waals surface area contributed by atoms with E-state index in [-0.39, 0.29) is 24.3 Å². The third-order valence-electron chi connectivity index (χ3n) is 6.68. The van der Waals surface area contributed by atoms with E-state index in [2.05, 4.69) is 64.5 Å². The average Bonchev–Trinajstić information content (AvgIpc) is 3.16. The van der Waals surface area contributed by atoms with Crippen LogP contribution in [0.25, 0.3) is 0 Å². The molecule has 1 saturated heterocycles. The maximum atomic E-state index is 6.64. The van der Waals surface area contributed by atoms with Gasteiger partial charge in [0.2, 0.25) is 0 Å². The van der Waals surface area contributed by atoms with Crippen molar-refractivity contribution in [2.45, 2.75) is 63.3 Å². The fourth-order valence-electron chi connectivity index (χ4n) is 5.16. The molecule has 0 N–H and O–H groups in total. The highest BCUT2D eigenvalue weighted by Crippen LogP contribution is 2.38. The second-order valence-corrected chi connectivity index (χ2v) is 9.68. The number of rotatable bonds is 6. The van der Waals surface area contributed by atoms with Crippen LogP contribution in [0.5, 0.6) is 0 Å². The van der Waals surface area contributed by atoms with Gasteiger partial charge in [0.05, 0.1) is 19.2 Å². The van der Waals surface area contributed by atoms with Crippen molar-refractivity contribution in [3.63, 3.8) is 0 Å². The van der Waals surface area contributed by atoms with Crippen molar-refractivity contribution in [3.05, 3.63) is 102 Å². The number of hydrogen-bond donors (Lipinski definition) is 0. The number of methoxy groups -OCH3 is 1. The fourth-order valence-corrected chi connectivity index (χ4v) is 5.16. The number of aliphatic imine (C=N–C) groups is 1. The van der Waals surface area contributed by atoms with Crippen LogP contribution in [0.3, 0.4) is 0 Å². The summed E-state index contributed by atoms with van der Waals surface area (Å²) in [7, 11) is 1.70. The molecular weight excluding hydrogens is 438 g/mol. The molecule has 0 aliphatic carbocycles. The number of aromatic nitrogens is 1. The van der Waals surface area contributed by atoms with Crippen molar-refractivity contribution in [1.82, 2.24) is 9.88 Å². The molecule has 3 heterocycles. The Labute approximate surface area is 207 Å². The van der Waals surface area contributed by atoms with Gasteiger partial charge in [-0.25, -0.2) is 4.99 Å². The Morgan fingerprint density at radius 2 is 1.46 bits per heavy atom. The Kier molecular flexibility index (Phi) is 6.84. The van der Waals surface area contributed by atoms with Crippen LogP contribution in [0.15, 0.2) is 90.2 Å². The molecule has 0 unspecified atom stereocenters. The van der Waals surface area contributed by atoms with Crippen LogP contribution in [-0.2, 0) is 33.6 Å². The molecular formula is C29H33N3O3. The van der Waals surface area contributed by atoms with Crippen LogP contribution < -0.4 is 0 Å². The summed E-state index contributed by atoms with van der Waals surface area (Å²) in [5.41, 5.74) is 3.54. The standard InChI is InChI=1S/C29H33N3O3/c1-29(2)34-26-24(17-21-11-6-4-7-12-21)31-28(33-3)32(20-23-15-10-16-30-19-23)25(27(26)35-29)18-22-13-8-5-9-14-22/h4-16,19,24-27H,17-18,20H2,1-3H3/t24-,25-,26+,27+/m1/s1. The van der Waals surface area contributed by atoms with E-state index < -0.39 is 5.79 Å². The Bertz CT molecular complexity index is 1120. The first-order chi connectivity index (χ1) is 17.0. The Balaban J connectivity index is 1.58. The molecule has 4 atom stereocenters. The highest BCUT2D eigenvalue weighted by Gasteiger charge is 2.52. The summed E-state index contributed by atoms with van der Waals surface area (Å²) < 4.78 is 19.1. The lowest BCUT2D eigenvalue weighted by Crippen LogP contribution is -2.51. The molecule has 0 saturated carbocycles. The SMILES string of the molecule is COC1=N[C@H](Cc2ccccc2)[C@@H]2OC(C)(C)O[C@H]2[C@@H](Cc2ccccc2)N1Cc1cccnc1. The minimum atomic E-state index is -0.695. The second kappa shape index (κ2) is 10.2. The summed E-state index contributed by atoms with van der Waals surface area (Å²) in [6.07, 6.45) is 4.82. The maximum absolute atomic E-state index is 6.64. The number of fused-ring (bicyclic) bond motifs is 1. The lowest BCUT2D eigenvalue weighted by Gasteiger charge is -2.36. The Hall–Kier alpha value is -3.22. The van der Waals surface area contributed by atoms with Crippen molar-refractivity contribution in [2.24, 2.45) is 4.99 Å². The molecule has 3 aromatic rings. The van der Waals surface area contributed by atoms with Crippen molar-refractivity contribution >= 4 is 6.02 Å². The van der Waals surface area contributed by atoms with Gasteiger partial charge < -0.3 is 19.1 Å². The molecule has 5 rings (SSSR count). The second-order valence-electron chi connectivity index (χ2n) is 9.68. The summed E-state index contributed by atoms with van der Waals surface area (Å²) >= 11 is 0. The minimum absolute atomic E-state index is 0.0381. The number of hydrogen-bond acceptors (Lipinski definition) is 6. The molecule has 35 heavy (non-hydrogen) atoms. The predicted molar refractivity (Wildman–Crippen MR) is 136 cm³/mol. The molecule has 6 heteroatoms. The number of amidine groups is 1. The predicted octanol–water partition coefficient (Wildman–Crippen LogP) is 4.64. The highest BCUT2D eigenvalue weighted by molar-refractivity contribution is 5.75. The molecule has 1 aromatic heterocycles. The van der Waals surface area contributed by atoms with E-state index in [1.165, 1.54) is 11.1 Å². The summed E-state index contributed by atoms with van der Waals surface area (Å²) in [5.74, 6) is -0.695. The van der Waals surface area contributed by atoms with Gasteiger partial charge in [-0.15, -0.1) is 0 Å². The number of nitrogens with zero attached hydrogens (tertiary/aromatic N) is 3. The zero-order valence-electron chi connectivity index (χ0n) is 20.6. The molecule has 0 bridgehead atoms. The minimum Gasteiger partial charge on any atom is -0.468 e. The summed E-state index contributed by atoms with van der Waals surface area (Å²) in [6, 6.07) is 25.4. The van der Waals surface area contributed by atoms with E-state index in [4.69, 9.17) is 19.2 Å². The third kappa shape index (κ3) is 5.39. The van der Waals surface area contributed by atoms with Crippen molar-refractivity contribution in [2.75, 3.05) is 7.11 Å². The lowest BCUT2D eigenvalue weighted by molar-refractivity contribution is -0.153. The smallest absolute Gasteiger partial charge is 0.288 e. The Morgan fingerprint density at radius 1 is 0.829 bits per heavy atom. The molecule has 0 radical (unpaired) electrons. The molecule has 0 amide bonds. The summed E-state index contributed by atoms with van der Waals surface area (Å²) in [6.45, 7) is 4.60. The van der Waals surface area contributed by atoms with E-state index in [0.29, 0.717) is 12.6 Å². The quantitative estimate of drug-likeness (QED) is 0.524. The zero-order valence-corrected chi connectivity index (χ0v) is 20.6. The average molecular weight is 472 g/mol. The number of benzene rings is 2. The van der Waals surface area contributed by atoms with Crippen LogP contribution in [0.1, 0.15) is 30.5 Å². The first kappa shape index (κ1) is 23.5. The lowest BCUT2D eigenvalue weighted by atomic mass is 9.91. The van der Waals surface area contributed by atoms with Crippen LogP contribution in [-0.4, -0.2) is 53.1 Å². The van der Waals surface area contributed by atoms with Gasteiger partial charge >= 0.3 is 0 Å². The van der Waals surface area contributed by atoms with Gasteiger partial charge in [-0.05, 0) is 49.4 Å². The van der Waals surface area contributed by atoms with Gasteiger partial charge in [0.1, 0.15) is 12.2 Å². The number of pyridine rings is 1. The van der Waals surface area contributed by atoms with Crippen molar-refractivity contribution in [1.29, 1.82) is 0 Å². The van der Waals surface area contributed by atoms with Crippen LogP contribution in [0, 0.1) is 0 Å². The third-order valence-corrected chi connectivity index (χ3v) is 6.68. The monoisotopic (exact) mass is 471 g/mol. The van der Waals surface area contributed by atoms with E-state index in [9.17, 15) is 0 Å². The van der Waals surface area contributed by atoms with E-state index in [1.54, 1.807) is 13.3 Å². The fraction of sp³-hybridized carbons (Fsp3) is 0.379.